The summed E-state index contributed by atoms with van der Waals surface area (Å²) in [4.78, 5) is 0. The summed E-state index contributed by atoms with van der Waals surface area (Å²) >= 11 is 3.34. The second-order valence-corrected chi connectivity index (χ2v) is 10.3. The van der Waals surface area contributed by atoms with Gasteiger partial charge < -0.3 is 10.4 Å². The third kappa shape index (κ3) is 2.91. The molecule has 2 heterocycles. The fourth-order valence-corrected chi connectivity index (χ4v) is 7.74. The smallest absolute Gasteiger partial charge is 0.117 e. The fraction of sp³-hybridized carbons (Fsp3) is 0.619. The molecule has 4 bridgehead atoms. The van der Waals surface area contributed by atoms with E-state index < -0.39 is 5.60 Å². The maximum Gasteiger partial charge on any atom is 0.117 e. The van der Waals surface area contributed by atoms with Crippen LogP contribution in [0.15, 0.2) is 33.7 Å². The first-order valence-electron chi connectivity index (χ1n) is 9.68. The van der Waals surface area contributed by atoms with Crippen LogP contribution in [-0.2, 0) is 5.60 Å². The zero-order valence-corrected chi connectivity index (χ0v) is 16.2. The van der Waals surface area contributed by atoms with E-state index in [-0.39, 0.29) is 0 Å². The van der Waals surface area contributed by atoms with E-state index in [1.165, 1.54) is 38.5 Å². The molecule has 0 radical (unpaired) electrons. The molecule has 0 aromatic carbocycles. The van der Waals surface area contributed by atoms with Crippen LogP contribution in [-0.4, -0.2) is 17.2 Å². The summed E-state index contributed by atoms with van der Waals surface area (Å²) in [6.45, 7) is 0.897. The molecule has 4 fully saturated rings. The van der Waals surface area contributed by atoms with Crippen LogP contribution in [0.25, 0.3) is 0 Å². The molecule has 4 heteroatoms. The SMILES string of the molecule is OC(CCNC12CC3CC(CC(C3)C1)C2)(c1ccsc1)c1ccsc1. The lowest BCUT2D eigenvalue weighted by molar-refractivity contribution is -0.0231. The van der Waals surface area contributed by atoms with Crippen molar-refractivity contribution < 1.29 is 5.11 Å². The van der Waals surface area contributed by atoms with Crippen molar-refractivity contribution in [2.24, 2.45) is 17.8 Å². The van der Waals surface area contributed by atoms with E-state index >= 15 is 0 Å². The summed E-state index contributed by atoms with van der Waals surface area (Å²) in [6, 6.07) is 4.15. The van der Waals surface area contributed by atoms with Crippen LogP contribution in [0.5, 0.6) is 0 Å². The van der Waals surface area contributed by atoms with Crippen LogP contribution in [0.2, 0.25) is 0 Å². The Morgan fingerprint density at radius 3 is 1.92 bits per heavy atom. The second kappa shape index (κ2) is 6.19. The van der Waals surface area contributed by atoms with Gasteiger partial charge in [-0.1, -0.05) is 0 Å². The van der Waals surface area contributed by atoms with Crippen LogP contribution in [0.1, 0.15) is 56.1 Å². The minimum Gasteiger partial charge on any atom is -0.380 e. The van der Waals surface area contributed by atoms with Crippen LogP contribution < -0.4 is 5.32 Å². The summed E-state index contributed by atoms with van der Waals surface area (Å²) in [6.07, 6.45) is 9.30. The Morgan fingerprint density at radius 1 is 0.960 bits per heavy atom. The van der Waals surface area contributed by atoms with Crippen LogP contribution >= 0.6 is 22.7 Å². The van der Waals surface area contributed by atoms with Gasteiger partial charge in [0.15, 0.2) is 0 Å². The van der Waals surface area contributed by atoms with Gasteiger partial charge >= 0.3 is 0 Å². The van der Waals surface area contributed by atoms with Crippen molar-refractivity contribution in [3.63, 3.8) is 0 Å². The van der Waals surface area contributed by atoms with Gasteiger partial charge in [0.25, 0.3) is 0 Å². The molecule has 0 aliphatic heterocycles. The minimum atomic E-state index is -0.852. The molecule has 4 aliphatic rings. The molecule has 0 spiro atoms. The number of hydrogen-bond donors (Lipinski definition) is 2. The molecule has 134 valence electrons. The van der Waals surface area contributed by atoms with Crippen molar-refractivity contribution in [3.8, 4) is 0 Å². The molecule has 0 atom stereocenters. The lowest BCUT2D eigenvalue weighted by Gasteiger charge is -2.57. The summed E-state index contributed by atoms with van der Waals surface area (Å²) in [5.41, 5.74) is 1.61. The van der Waals surface area contributed by atoms with E-state index in [9.17, 15) is 5.11 Å². The summed E-state index contributed by atoms with van der Waals surface area (Å²) < 4.78 is 0. The molecular formula is C21H27NOS2. The zero-order valence-electron chi connectivity index (χ0n) is 14.6. The molecule has 2 aromatic rings. The summed E-state index contributed by atoms with van der Waals surface area (Å²) in [5, 5.41) is 23.8. The van der Waals surface area contributed by atoms with E-state index in [0.29, 0.717) is 5.54 Å². The Morgan fingerprint density at radius 2 is 1.48 bits per heavy atom. The third-order valence-corrected chi connectivity index (χ3v) is 8.39. The van der Waals surface area contributed by atoms with Crippen molar-refractivity contribution in [3.05, 3.63) is 44.8 Å². The van der Waals surface area contributed by atoms with Gasteiger partial charge in [-0.15, -0.1) is 0 Å². The third-order valence-electron chi connectivity index (χ3n) is 7.02. The quantitative estimate of drug-likeness (QED) is 0.747. The molecule has 2 aromatic heterocycles. The first-order chi connectivity index (χ1) is 12.2. The monoisotopic (exact) mass is 373 g/mol. The lowest BCUT2D eigenvalue weighted by Crippen LogP contribution is -2.58. The van der Waals surface area contributed by atoms with Crippen LogP contribution in [0, 0.1) is 17.8 Å². The topological polar surface area (TPSA) is 32.3 Å². The highest BCUT2D eigenvalue weighted by molar-refractivity contribution is 7.08. The Kier molecular flexibility index (Phi) is 4.08. The average molecular weight is 374 g/mol. The van der Waals surface area contributed by atoms with Crippen LogP contribution in [0.3, 0.4) is 0 Å². The largest absolute Gasteiger partial charge is 0.380 e. The Bertz CT molecular complexity index is 637. The Hall–Kier alpha value is -0.680. The van der Waals surface area contributed by atoms with Gasteiger partial charge in [0.1, 0.15) is 5.60 Å². The predicted octanol–water partition coefficient (Wildman–Crippen LogP) is 4.99. The van der Waals surface area contributed by atoms with Crippen molar-refractivity contribution in [1.29, 1.82) is 0 Å². The van der Waals surface area contributed by atoms with E-state index in [0.717, 1.165) is 41.8 Å². The molecule has 6 rings (SSSR count). The van der Waals surface area contributed by atoms with Gasteiger partial charge in [0.2, 0.25) is 0 Å². The van der Waals surface area contributed by atoms with E-state index in [4.69, 9.17) is 0 Å². The Labute approximate surface area is 158 Å². The highest BCUT2D eigenvalue weighted by Crippen LogP contribution is 2.55. The maximum atomic E-state index is 11.5. The van der Waals surface area contributed by atoms with Crippen molar-refractivity contribution in [1.82, 2.24) is 5.32 Å². The first kappa shape index (κ1) is 16.5. The average Bonchev–Trinajstić information content (AvgIpc) is 3.28. The number of hydrogen-bond acceptors (Lipinski definition) is 4. The van der Waals surface area contributed by atoms with Gasteiger partial charge in [-0.2, -0.15) is 22.7 Å². The van der Waals surface area contributed by atoms with Crippen molar-refractivity contribution >= 4 is 22.7 Å². The molecular weight excluding hydrogens is 346 g/mol. The number of aliphatic hydroxyl groups is 1. The van der Waals surface area contributed by atoms with E-state index in [1.807, 2.05) is 0 Å². The fourth-order valence-electron chi connectivity index (χ4n) is 6.29. The number of rotatable bonds is 6. The number of thiophene rings is 2. The second-order valence-electron chi connectivity index (χ2n) is 8.76. The van der Waals surface area contributed by atoms with Gasteiger partial charge in [-0.05, 0) is 114 Å². The normalized spacial score (nSPS) is 33.9. The van der Waals surface area contributed by atoms with Gasteiger partial charge in [-0.3, -0.25) is 0 Å². The van der Waals surface area contributed by atoms with Gasteiger partial charge in [0, 0.05) is 5.54 Å². The summed E-state index contributed by atoms with van der Waals surface area (Å²) in [5.74, 6) is 2.89. The molecule has 2 N–H and O–H groups in total. The first-order valence-corrected chi connectivity index (χ1v) is 11.6. The molecule has 0 saturated heterocycles. The molecule has 2 nitrogen and oxygen atoms in total. The molecule has 4 aliphatic carbocycles. The van der Waals surface area contributed by atoms with E-state index in [2.05, 4.69) is 39.0 Å². The lowest BCUT2D eigenvalue weighted by atomic mass is 9.53. The maximum absolute atomic E-state index is 11.5. The highest BCUT2D eigenvalue weighted by Gasteiger charge is 2.50. The van der Waals surface area contributed by atoms with E-state index in [1.54, 1.807) is 22.7 Å². The Balaban J connectivity index is 1.31. The highest BCUT2D eigenvalue weighted by atomic mass is 32.1. The predicted molar refractivity (Wildman–Crippen MR) is 105 cm³/mol. The zero-order chi connectivity index (χ0) is 16.9. The molecule has 0 unspecified atom stereocenters. The number of nitrogens with one attached hydrogen (secondary N) is 1. The standard InChI is InChI=1S/C21H27NOS2/c23-21(18-1-5-24-13-18,19-2-6-25-14-19)3-4-22-20-10-15-7-16(11-20)9-17(8-15)12-20/h1-2,5-6,13-17,22-23H,3-4,7-12H2. The molecule has 25 heavy (non-hydrogen) atoms. The van der Waals surface area contributed by atoms with Gasteiger partial charge in [0.05, 0.1) is 0 Å². The van der Waals surface area contributed by atoms with Crippen molar-refractivity contribution in [2.75, 3.05) is 6.54 Å². The molecule has 4 saturated carbocycles. The summed E-state index contributed by atoms with van der Waals surface area (Å²) in [7, 11) is 0. The van der Waals surface area contributed by atoms with Gasteiger partial charge in [-0.25, -0.2) is 0 Å². The van der Waals surface area contributed by atoms with Crippen molar-refractivity contribution in [2.45, 2.75) is 56.1 Å². The minimum absolute atomic E-state index is 0.374. The molecule has 0 amide bonds. The van der Waals surface area contributed by atoms with Crippen LogP contribution in [0.4, 0.5) is 0 Å².